The van der Waals surface area contributed by atoms with Crippen LogP contribution in [0.15, 0.2) is 66.9 Å². The lowest BCUT2D eigenvalue weighted by Gasteiger charge is -2.34. The molecule has 0 bridgehead atoms. The molecule has 1 aromatic heterocycles. The van der Waals surface area contributed by atoms with E-state index in [0.717, 1.165) is 18.5 Å². The number of para-hydroxylation sites is 1. The van der Waals surface area contributed by atoms with Crippen LogP contribution in [-0.4, -0.2) is 53.8 Å². The highest BCUT2D eigenvalue weighted by Crippen LogP contribution is 2.36. The lowest BCUT2D eigenvalue weighted by atomic mass is 10.0. The molecule has 0 unspecified atom stereocenters. The smallest absolute Gasteiger partial charge is 0.410 e. The van der Waals surface area contributed by atoms with Crippen LogP contribution < -0.4 is 14.8 Å². The fourth-order valence-electron chi connectivity index (χ4n) is 3.99. The molecule has 200 valence electrons. The van der Waals surface area contributed by atoms with Crippen LogP contribution in [0.25, 0.3) is 0 Å². The van der Waals surface area contributed by atoms with Gasteiger partial charge in [0.2, 0.25) is 5.88 Å². The van der Waals surface area contributed by atoms with Gasteiger partial charge in [-0.05, 0) is 70.0 Å². The fraction of sp³-hybridized carbons (Fsp3) is 0.345. The highest BCUT2D eigenvalue weighted by atomic mass is 16.6. The Bertz CT molecular complexity index is 1250. The maximum Gasteiger partial charge on any atom is 0.410 e. The highest BCUT2D eigenvalue weighted by Gasteiger charge is 2.27. The number of ether oxygens (including phenoxy) is 4. The SMILES string of the molecule is COC(=O)c1cccnc1Oc1ccc(Oc2ccccc2)c(NC2CCN(C(=O)OC(C)(C)C)CC2)c1. The number of esters is 1. The first-order valence-electron chi connectivity index (χ1n) is 12.5. The first-order valence-corrected chi connectivity index (χ1v) is 12.5. The van der Waals surface area contributed by atoms with E-state index in [9.17, 15) is 9.59 Å². The van der Waals surface area contributed by atoms with Crippen LogP contribution in [0.5, 0.6) is 23.1 Å². The molecule has 1 fully saturated rings. The van der Waals surface area contributed by atoms with Crippen LogP contribution in [0.1, 0.15) is 44.0 Å². The number of hydrogen-bond donors (Lipinski definition) is 1. The second kappa shape index (κ2) is 11.9. The Labute approximate surface area is 222 Å². The predicted molar refractivity (Wildman–Crippen MR) is 143 cm³/mol. The van der Waals surface area contributed by atoms with Gasteiger partial charge in [0.25, 0.3) is 0 Å². The molecule has 1 amide bonds. The predicted octanol–water partition coefficient (Wildman–Crippen LogP) is 6.26. The van der Waals surface area contributed by atoms with Crippen LogP contribution >= 0.6 is 0 Å². The molecule has 9 heteroatoms. The lowest BCUT2D eigenvalue weighted by Crippen LogP contribution is -2.44. The van der Waals surface area contributed by atoms with E-state index in [1.807, 2.05) is 57.2 Å². The molecule has 1 saturated heterocycles. The molecule has 0 atom stereocenters. The Morgan fingerprint density at radius 1 is 0.947 bits per heavy atom. The summed E-state index contributed by atoms with van der Waals surface area (Å²) in [5, 5.41) is 3.56. The zero-order chi connectivity index (χ0) is 27.1. The molecule has 0 spiro atoms. The molecule has 3 aromatic rings. The molecule has 1 N–H and O–H groups in total. The number of hydrogen-bond acceptors (Lipinski definition) is 8. The Morgan fingerprint density at radius 2 is 1.68 bits per heavy atom. The zero-order valence-corrected chi connectivity index (χ0v) is 22.1. The zero-order valence-electron chi connectivity index (χ0n) is 22.1. The van der Waals surface area contributed by atoms with Crippen LogP contribution in [0.4, 0.5) is 10.5 Å². The van der Waals surface area contributed by atoms with Crippen molar-refractivity contribution in [2.75, 3.05) is 25.5 Å². The molecule has 0 radical (unpaired) electrons. The third-order valence-corrected chi connectivity index (χ3v) is 5.82. The van der Waals surface area contributed by atoms with Gasteiger partial charge in [-0.3, -0.25) is 0 Å². The summed E-state index contributed by atoms with van der Waals surface area (Å²) in [5.41, 5.74) is 0.415. The number of benzene rings is 2. The summed E-state index contributed by atoms with van der Waals surface area (Å²) in [6.07, 6.45) is 2.73. The first kappa shape index (κ1) is 26.8. The largest absolute Gasteiger partial charge is 0.465 e. The fourth-order valence-corrected chi connectivity index (χ4v) is 3.99. The maximum absolute atomic E-state index is 12.5. The van der Waals surface area contributed by atoms with Crippen LogP contribution in [-0.2, 0) is 9.47 Å². The van der Waals surface area contributed by atoms with Crippen molar-refractivity contribution in [2.45, 2.75) is 45.3 Å². The topological polar surface area (TPSA) is 99.2 Å². The number of nitrogens with zero attached hydrogens (tertiary/aromatic N) is 2. The van der Waals surface area contributed by atoms with Gasteiger partial charge in [-0.2, -0.15) is 0 Å². The van der Waals surface area contributed by atoms with Crippen molar-refractivity contribution in [1.29, 1.82) is 0 Å². The molecule has 2 aromatic carbocycles. The van der Waals surface area contributed by atoms with Crippen molar-refractivity contribution >= 4 is 17.7 Å². The van der Waals surface area contributed by atoms with Crippen molar-refractivity contribution in [3.63, 3.8) is 0 Å². The molecule has 0 aliphatic carbocycles. The summed E-state index contributed by atoms with van der Waals surface area (Å²) >= 11 is 0. The average Bonchev–Trinajstić information content (AvgIpc) is 2.90. The van der Waals surface area contributed by atoms with E-state index in [4.69, 9.17) is 18.9 Å². The van der Waals surface area contributed by atoms with Crippen molar-refractivity contribution in [2.24, 2.45) is 0 Å². The van der Waals surface area contributed by atoms with Gasteiger partial charge >= 0.3 is 12.1 Å². The minimum atomic E-state index is -0.535. The third kappa shape index (κ3) is 7.15. The van der Waals surface area contributed by atoms with Crippen LogP contribution in [0, 0.1) is 0 Å². The molecule has 38 heavy (non-hydrogen) atoms. The van der Waals surface area contributed by atoms with Crippen molar-refractivity contribution in [3.05, 3.63) is 72.4 Å². The van der Waals surface area contributed by atoms with E-state index in [2.05, 4.69) is 10.3 Å². The minimum Gasteiger partial charge on any atom is -0.465 e. The van der Waals surface area contributed by atoms with E-state index < -0.39 is 11.6 Å². The van der Waals surface area contributed by atoms with E-state index in [-0.39, 0.29) is 23.6 Å². The van der Waals surface area contributed by atoms with Crippen molar-refractivity contribution in [3.8, 4) is 23.1 Å². The van der Waals surface area contributed by atoms with Gasteiger partial charge < -0.3 is 29.2 Å². The first-order chi connectivity index (χ1) is 18.2. The summed E-state index contributed by atoms with van der Waals surface area (Å²) in [7, 11) is 1.31. The molecular weight excluding hydrogens is 486 g/mol. The normalized spacial score (nSPS) is 13.9. The van der Waals surface area contributed by atoms with Crippen LogP contribution in [0.3, 0.4) is 0 Å². The molecule has 2 heterocycles. The summed E-state index contributed by atoms with van der Waals surface area (Å²) in [4.78, 5) is 30.6. The molecule has 0 saturated carbocycles. The summed E-state index contributed by atoms with van der Waals surface area (Å²) in [6, 6.07) is 18.2. The summed E-state index contributed by atoms with van der Waals surface area (Å²) in [6.45, 7) is 6.74. The number of aromatic nitrogens is 1. The van der Waals surface area contributed by atoms with E-state index in [1.54, 1.807) is 35.4 Å². The number of carbonyl (C=O) groups excluding carboxylic acids is 2. The average molecular weight is 520 g/mol. The molecule has 9 nitrogen and oxygen atoms in total. The highest BCUT2D eigenvalue weighted by molar-refractivity contribution is 5.91. The number of pyridine rings is 1. The van der Waals surface area contributed by atoms with Crippen molar-refractivity contribution < 1.29 is 28.5 Å². The number of methoxy groups -OCH3 is 1. The second-order valence-electron chi connectivity index (χ2n) is 9.91. The van der Waals surface area contributed by atoms with E-state index >= 15 is 0 Å². The molecule has 1 aliphatic heterocycles. The number of likely N-dealkylation sites (tertiary alicyclic amines) is 1. The number of anilines is 1. The van der Waals surface area contributed by atoms with Gasteiger partial charge in [-0.15, -0.1) is 0 Å². The lowest BCUT2D eigenvalue weighted by molar-refractivity contribution is 0.0210. The number of carbonyl (C=O) groups is 2. The number of piperidine rings is 1. The number of rotatable bonds is 7. The summed E-state index contributed by atoms with van der Waals surface area (Å²) in [5.74, 6) is 1.40. The molecular formula is C29H33N3O6. The number of nitrogens with one attached hydrogen (secondary N) is 1. The maximum atomic E-state index is 12.5. The van der Waals surface area contributed by atoms with Gasteiger partial charge in [0.15, 0.2) is 5.75 Å². The molecule has 1 aliphatic rings. The van der Waals surface area contributed by atoms with Crippen LogP contribution in [0.2, 0.25) is 0 Å². The standard InChI is InChI=1S/C29H33N3O6/c1-29(2,3)38-28(34)32-17-14-20(15-18-32)31-24-19-22(12-13-25(24)36-21-9-6-5-7-10-21)37-26-23(27(33)35-4)11-8-16-30-26/h5-13,16,19-20,31H,14-15,17-18H2,1-4H3. The third-order valence-electron chi connectivity index (χ3n) is 5.82. The molecule has 4 rings (SSSR count). The monoisotopic (exact) mass is 519 g/mol. The van der Waals surface area contributed by atoms with Gasteiger partial charge in [0.05, 0.1) is 12.8 Å². The van der Waals surface area contributed by atoms with Gasteiger partial charge in [-0.25, -0.2) is 14.6 Å². The Hall–Kier alpha value is -4.27. The van der Waals surface area contributed by atoms with E-state index in [0.29, 0.717) is 30.3 Å². The van der Waals surface area contributed by atoms with Gasteiger partial charge in [0.1, 0.15) is 22.7 Å². The second-order valence-corrected chi connectivity index (χ2v) is 9.91. The van der Waals surface area contributed by atoms with Crippen molar-refractivity contribution in [1.82, 2.24) is 9.88 Å². The van der Waals surface area contributed by atoms with Gasteiger partial charge in [0, 0.05) is 31.4 Å². The number of amides is 1. The Morgan fingerprint density at radius 3 is 2.37 bits per heavy atom. The van der Waals surface area contributed by atoms with Gasteiger partial charge in [-0.1, -0.05) is 18.2 Å². The van der Waals surface area contributed by atoms with E-state index in [1.165, 1.54) is 7.11 Å². The summed E-state index contributed by atoms with van der Waals surface area (Å²) < 4.78 is 22.5. The minimum absolute atomic E-state index is 0.0996. The Kier molecular flexibility index (Phi) is 8.35. The Balaban J connectivity index is 1.52. The quantitative estimate of drug-likeness (QED) is 0.365.